The minimum absolute atomic E-state index is 0.134. The van der Waals surface area contributed by atoms with Crippen molar-refractivity contribution >= 4 is 23.5 Å². The molecule has 152 valence electrons. The molecule has 2 saturated heterocycles. The van der Waals surface area contributed by atoms with E-state index in [1.54, 1.807) is 0 Å². The van der Waals surface area contributed by atoms with Gasteiger partial charge in [0.05, 0.1) is 12.0 Å². The SMILES string of the molecule is CC(C)c1ccc2c(c1)C(=O)CC2C(=O)N1CCSCC1CN1CCCCC1. The van der Waals surface area contributed by atoms with E-state index in [0.717, 1.165) is 48.8 Å². The number of hydrogen-bond donors (Lipinski definition) is 0. The lowest BCUT2D eigenvalue weighted by molar-refractivity contribution is -0.135. The Balaban J connectivity index is 1.52. The van der Waals surface area contributed by atoms with Gasteiger partial charge < -0.3 is 9.80 Å². The van der Waals surface area contributed by atoms with Gasteiger partial charge in [-0.2, -0.15) is 11.8 Å². The second kappa shape index (κ2) is 8.58. The summed E-state index contributed by atoms with van der Waals surface area (Å²) < 4.78 is 0. The summed E-state index contributed by atoms with van der Waals surface area (Å²) in [7, 11) is 0. The number of benzene rings is 1. The van der Waals surface area contributed by atoms with Crippen molar-refractivity contribution < 1.29 is 9.59 Å². The zero-order valence-corrected chi connectivity index (χ0v) is 18.0. The molecule has 2 fully saturated rings. The minimum atomic E-state index is -0.282. The number of thioether (sulfide) groups is 1. The molecule has 0 bridgehead atoms. The standard InChI is InChI=1S/C23H32N2O2S/c1-16(2)17-6-7-19-20(12-17)22(26)13-21(19)23(27)25-10-11-28-15-18(25)14-24-8-4-3-5-9-24/h6-7,12,16,18,21H,3-5,8-11,13-15H2,1-2H3. The number of ketones is 1. The van der Waals surface area contributed by atoms with E-state index in [0.29, 0.717) is 12.3 Å². The Bertz CT molecular complexity index is 742. The number of fused-ring (bicyclic) bond motifs is 1. The lowest BCUT2D eigenvalue weighted by Gasteiger charge is -2.40. The third kappa shape index (κ3) is 4.02. The molecule has 0 saturated carbocycles. The van der Waals surface area contributed by atoms with Crippen molar-refractivity contribution in [2.45, 2.75) is 57.4 Å². The fourth-order valence-corrected chi connectivity index (χ4v) is 5.89. The van der Waals surface area contributed by atoms with E-state index < -0.39 is 0 Å². The maximum atomic E-state index is 13.5. The molecule has 0 radical (unpaired) electrons. The Morgan fingerprint density at radius 1 is 1.18 bits per heavy atom. The highest BCUT2D eigenvalue weighted by molar-refractivity contribution is 7.99. The van der Waals surface area contributed by atoms with Gasteiger partial charge in [-0.1, -0.05) is 32.4 Å². The average molecular weight is 401 g/mol. The first-order chi connectivity index (χ1) is 13.5. The summed E-state index contributed by atoms with van der Waals surface area (Å²) in [4.78, 5) is 30.8. The lowest BCUT2D eigenvalue weighted by Crippen LogP contribution is -2.53. The molecular weight excluding hydrogens is 368 g/mol. The predicted octanol–water partition coefficient (Wildman–Crippen LogP) is 3.91. The van der Waals surface area contributed by atoms with Crippen molar-refractivity contribution in [2.24, 2.45) is 0 Å². The summed E-state index contributed by atoms with van der Waals surface area (Å²) in [5.74, 6) is 2.43. The molecule has 1 amide bonds. The molecule has 1 aromatic carbocycles. The Hall–Kier alpha value is -1.33. The second-order valence-corrected chi connectivity index (χ2v) is 9.95. The summed E-state index contributed by atoms with van der Waals surface area (Å²) in [6.45, 7) is 8.39. The maximum absolute atomic E-state index is 13.5. The fourth-order valence-electron chi connectivity index (χ4n) is 4.84. The number of amides is 1. The van der Waals surface area contributed by atoms with E-state index in [1.807, 2.05) is 23.9 Å². The molecule has 4 rings (SSSR count). The van der Waals surface area contributed by atoms with Gasteiger partial charge in [-0.25, -0.2) is 0 Å². The van der Waals surface area contributed by atoms with Crippen LogP contribution in [0.5, 0.6) is 0 Å². The Kier molecular flexibility index (Phi) is 6.12. The lowest BCUT2D eigenvalue weighted by atomic mass is 9.94. The van der Waals surface area contributed by atoms with Gasteiger partial charge in [-0.15, -0.1) is 0 Å². The number of rotatable bonds is 4. The monoisotopic (exact) mass is 400 g/mol. The van der Waals surface area contributed by atoms with Crippen LogP contribution in [0.3, 0.4) is 0 Å². The van der Waals surface area contributed by atoms with Crippen LogP contribution in [-0.4, -0.2) is 65.2 Å². The molecule has 0 aromatic heterocycles. The summed E-state index contributed by atoms with van der Waals surface area (Å²) in [5, 5.41) is 0. The van der Waals surface area contributed by atoms with Crippen LogP contribution < -0.4 is 0 Å². The van der Waals surface area contributed by atoms with Gasteiger partial charge in [0.25, 0.3) is 0 Å². The zero-order valence-electron chi connectivity index (χ0n) is 17.2. The number of nitrogens with zero attached hydrogens (tertiary/aromatic N) is 2. The molecule has 2 unspecified atom stereocenters. The van der Waals surface area contributed by atoms with Crippen molar-refractivity contribution in [2.75, 3.05) is 37.7 Å². The van der Waals surface area contributed by atoms with E-state index in [4.69, 9.17) is 0 Å². The molecule has 3 aliphatic rings. The molecule has 5 heteroatoms. The molecule has 2 aliphatic heterocycles. The van der Waals surface area contributed by atoms with Gasteiger partial charge in [0.2, 0.25) is 5.91 Å². The van der Waals surface area contributed by atoms with E-state index in [1.165, 1.54) is 24.8 Å². The van der Waals surface area contributed by atoms with E-state index in [-0.39, 0.29) is 23.7 Å². The van der Waals surface area contributed by atoms with Crippen molar-refractivity contribution in [1.82, 2.24) is 9.80 Å². The number of hydrogen-bond acceptors (Lipinski definition) is 4. The van der Waals surface area contributed by atoms with Crippen LogP contribution in [0.15, 0.2) is 18.2 Å². The maximum Gasteiger partial charge on any atom is 0.230 e. The highest BCUT2D eigenvalue weighted by Gasteiger charge is 2.39. The molecule has 2 atom stereocenters. The first kappa shape index (κ1) is 20.0. The number of carbonyl (C=O) groups excluding carboxylic acids is 2. The van der Waals surface area contributed by atoms with E-state index in [9.17, 15) is 9.59 Å². The predicted molar refractivity (Wildman–Crippen MR) is 115 cm³/mol. The molecule has 1 aromatic rings. The first-order valence-corrected chi connectivity index (χ1v) is 12.0. The van der Waals surface area contributed by atoms with E-state index in [2.05, 4.69) is 29.7 Å². The van der Waals surface area contributed by atoms with Crippen LogP contribution in [-0.2, 0) is 4.79 Å². The third-order valence-electron chi connectivity index (χ3n) is 6.54. The Morgan fingerprint density at radius 3 is 2.71 bits per heavy atom. The van der Waals surface area contributed by atoms with Crippen molar-refractivity contribution in [3.63, 3.8) is 0 Å². The molecule has 4 nitrogen and oxygen atoms in total. The highest BCUT2D eigenvalue weighted by atomic mass is 32.2. The molecule has 0 spiro atoms. The van der Waals surface area contributed by atoms with E-state index >= 15 is 0 Å². The number of carbonyl (C=O) groups is 2. The van der Waals surface area contributed by atoms with Crippen LogP contribution in [0.1, 0.15) is 72.9 Å². The number of likely N-dealkylation sites (tertiary alicyclic amines) is 1. The second-order valence-electron chi connectivity index (χ2n) is 8.80. The Morgan fingerprint density at radius 2 is 1.96 bits per heavy atom. The quantitative estimate of drug-likeness (QED) is 0.768. The van der Waals surface area contributed by atoms with Crippen LogP contribution in [0.4, 0.5) is 0 Å². The smallest absolute Gasteiger partial charge is 0.230 e. The largest absolute Gasteiger partial charge is 0.336 e. The fraction of sp³-hybridized carbons (Fsp3) is 0.652. The van der Waals surface area contributed by atoms with Crippen LogP contribution >= 0.6 is 11.8 Å². The minimum Gasteiger partial charge on any atom is -0.336 e. The summed E-state index contributed by atoms with van der Waals surface area (Å²) in [5.41, 5.74) is 2.91. The molecule has 0 N–H and O–H groups in total. The highest BCUT2D eigenvalue weighted by Crippen LogP contribution is 2.37. The van der Waals surface area contributed by atoms with Crippen molar-refractivity contribution in [3.05, 3.63) is 34.9 Å². The summed E-state index contributed by atoms with van der Waals surface area (Å²) in [6, 6.07) is 6.43. The van der Waals surface area contributed by atoms with Crippen molar-refractivity contribution in [1.29, 1.82) is 0 Å². The van der Waals surface area contributed by atoms with Crippen LogP contribution in [0.2, 0.25) is 0 Å². The number of Topliss-reactive ketones (excluding diaryl/α,β-unsaturated/α-hetero) is 1. The molecule has 1 aliphatic carbocycles. The topological polar surface area (TPSA) is 40.6 Å². The van der Waals surface area contributed by atoms with Gasteiger partial charge in [-0.05, 0) is 49.0 Å². The molecular formula is C23H32N2O2S. The van der Waals surface area contributed by atoms with Crippen LogP contribution in [0, 0.1) is 0 Å². The summed E-state index contributed by atoms with van der Waals surface area (Å²) in [6.07, 6.45) is 4.22. The van der Waals surface area contributed by atoms with Gasteiger partial charge in [0, 0.05) is 36.6 Å². The van der Waals surface area contributed by atoms with Gasteiger partial charge in [-0.3, -0.25) is 9.59 Å². The van der Waals surface area contributed by atoms with Crippen LogP contribution in [0.25, 0.3) is 0 Å². The number of piperidine rings is 1. The van der Waals surface area contributed by atoms with Gasteiger partial charge in [0.1, 0.15) is 0 Å². The summed E-state index contributed by atoms with van der Waals surface area (Å²) >= 11 is 1.96. The normalized spacial score (nSPS) is 26.0. The molecule has 2 heterocycles. The Labute approximate surface area is 173 Å². The molecule has 28 heavy (non-hydrogen) atoms. The van der Waals surface area contributed by atoms with Gasteiger partial charge >= 0.3 is 0 Å². The van der Waals surface area contributed by atoms with Gasteiger partial charge in [0.15, 0.2) is 5.78 Å². The zero-order chi connectivity index (χ0) is 19.7. The average Bonchev–Trinajstić information content (AvgIpc) is 3.05. The first-order valence-electron chi connectivity index (χ1n) is 10.8. The third-order valence-corrected chi connectivity index (χ3v) is 7.63. The van der Waals surface area contributed by atoms with Crippen molar-refractivity contribution in [3.8, 4) is 0 Å².